The fraction of sp³-hybridized carbons (Fsp3) is 0.533. The molecule has 1 atom stereocenters. The molecule has 4 nitrogen and oxygen atoms in total. The minimum Gasteiger partial charge on any atom is -0.486 e. The Bertz CT molecular complexity index is 431. The largest absolute Gasteiger partial charge is 0.486 e. The first-order valence-corrected chi connectivity index (χ1v) is 6.80. The van der Waals surface area contributed by atoms with Crippen molar-refractivity contribution < 1.29 is 14.3 Å². The average Bonchev–Trinajstić information content (AvgIpc) is 2.42. The van der Waals surface area contributed by atoms with Crippen LogP contribution >= 0.6 is 0 Å². The van der Waals surface area contributed by atoms with E-state index in [1.165, 1.54) is 0 Å². The van der Waals surface area contributed by atoms with Gasteiger partial charge in [-0.1, -0.05) is 26.0 Å². The van der Waals surface area contributed by atoms with Crippen LogP contribution in [0.1, 0.15) is 26.7 Å². The lowest BCUT2D eigenvalue weighted by Gasteiger charge is -2.26. The van der Waals surface area contributed by atoms with Gasteiger partial charge in [0, 0.05) is 13.0 Å². The lowest BCUT2D eigenvalue weighted by molar-refractivity contribution is -0.121. The third-order valence-electron chi connectivity index (χ3n) is 2.97. The molecule has 2 rings (SSSR count). The quantitative estimate of drug-likeness (QED) is 0.887. The maximum atomic E-state index is 11.6. The molecule has 1 aromatic carbocycles. The van der Waals surface area contributed by atoms with E-state index in [9.17, 15) is 4.79 Å². The molecule has 0 saturated carbocycles. The van der Waals surface area contributed by atoms with Crippen LogP contribution in [0.15, 0.2) is 24.3 Å². The Morgan fingerprint density at radius 3 is 2.84 bits per heavy atom. The van der Waals surface area contributed by atoms with E-state index in [4.69, 9.17) is 9.47 Å². The van der Waals surface area contributed by atoms with Gasteiger partial charge in [-0.2, -0.15) is 0 Å². The highest BCUT2D eigenvalue weighted by Gasteiger charge is 2.21. The number of carbonyl (C=O) groups is 1. The third-order valence-corrected chi connectivity index (χ3v) is 2.97. The Labute approximate surface area is 114 Å². The first-order chi connectivity index (χ1) is 9.15. The molecule has 0 aliphatic carbocycles. The molecule has 0 spiro atoms. The summed E-state index contributed by atoms with van der Waals surface area (Å²) in [5.41, 5.74) is 0. The molecule has 0 radical (unpaired) electrons. The third kappa shape index (κ3) is 4.16. The number of rotatable bonds is 5. The summed E-state index contributed by atoms with van der Waals surface area (Å²) in [6.45, 7) is 5.39. The second kappa shape index (κ2) is 6.45. The molecule has 1 aliphatic rings. The Morgan fingerprint density at radius 1 is 1.37 bits per heavy atom. The smallest absolute Gasteiger partial charge is 0.220 e. The van der Waals surface area contributed by atoms with Gasteiger partial charge in [0.15, 0.2) is 11.5 Å². The molecular weight excluding hydrogens is 242 g/mol. The zero-order valence-corrected chi connectivity index (χ0v) is 11.5. The molecule has 1 aliphatic heterocycles. The normalized spacial score (nSPS) is 17.3. The summed E-state index contributed by atoms with van der Waals surface area (Å²) in [6, 6.07) is 7.61. The number of fused-ring (bicyclic) bond motifs is 1. The fourth-order valence-electron chi connectivity index (χ4n) is 1.90. The molecule has 1 heterocycles. The van der Waals surface area contributed by atoms with E-state index >= 15 is 0 Å². The van der Waals surface area contributed by atoms with Gasteiger partial charge in [0.25, 0.3) is 0 Å². The van der Waals surface area contributed by atoms with Crippen molar-refractivity contribution in [2.75, 3.05) is 13.2 Å². The van der Waals surface area contributed by atoms with Crippen LogP contribution in [0, 0.1) is 5.92 Å². The van der Waals surface area contributed by atoms with E-state index in [1.807, 2.05) is 24.3 Å². The molecule has 104 valence electrons. The van der Waals surface area contributed by atoms with E-state index in [0.717, 1.165) is 18.0 Å². The van der Waals surface area contributed by atoms with Crippen molar-refractivity contribution in [2.24, 2.45) is 5.92 Å². The topological polar surface area (TPSA) is 47.6 Å². The van der Waals surface area contributed by atoms with Crippen molar-refractivity contribution in [3.05, 3.63) is 24.3 Å². The van der Waals surface area contributed by atoms with Crippen LogP contribution in [0.4, 0.5) is 0 Å². The van der Waals surface area contributed by atoms with Gasteiger partial charge in [-0.3, -0.25) is 4.79 Å². The standard InChI is InChI=1S/C15H21NO3/c1-11(2)9-16-15(17)8-7-12-10-18-13-5-3-4-6-14(13)19-12/h3-6,11-12H,7-10H2,1-2H3,(H,16,17)/t12-/m0/s1. The van der Waals surface area contributed by atoms with E-state index in [2.05, 4.69) is 19.2 Å². The molecule has 1 aromatic rings. The number of benzene rings is 1. The summed E-state index contributed by atoms with van der Waals surface area (Å²) < 4.78 is 11.4. The lowest BCUT2D eigenvalue weighted by atomic mass is 10.1. The number of para-hydroxylation sites is 2. The number of hydrogen-bond donors (Lipinski definition) is 1. The van der Waals surface area contributed by atoms with Crippen molar-refractivity contribution >= 4 is 5.91 Å². The van der Waals surface area contributed by atoms with E-state index in [1.54, 1.807) is 0 Å². The van der Waals surface area contributed by atoms with Crippen LogP contribution in [0.5, 0.6) is 11.5 Å². The molecule has 0 bridgehead atoms. The molecule has 19 heavy (non-hydrogen) atoms. The number of nitrogens with one attached hydrogen (secondary N) is 1. The number of hydrogen-bond acceptors (Lipinski definition) is 3. The van der Waals surface area contributed by atoms with Gasteiger partial charge < -0.3 is 14.8 Å². The Balaban J connectivity index is 1.75. The van der Waals surface area contributed by atoms with Crippen LogP contribution in [0.25, 0.3) is 0 Å². The molecule has 0 fully saturated rings. The van der Waals surface area contributed by atoms with E-state index in [-0.39, 0.29) is 12.0 Å². The SMILES string of the molecule is CC(C)CNC(=O)CC[C@H]1COc2ccccc2O1. The van der Waals surface area contributed by atoms with Gasteiger partial charge in [-0.15, -0.1) is 0 Å². The summed E-state index contributed by atoms with van der Waals surface area (Å²) in [7, 11) is 0. The van der Waals surface area contributed by atoms with Crippen molar-refractivity contribution in [3.63, 3.8) is 0 Å². The zero-order chi connectivity index (χ0) is 13.7. The first-order valence-electron chi connectivity index (χ1n) is 6.80. The zero-order valence-electron chi connectivity index (χ0n) is 11.5. The van der Waals surface area contributed by atoms with Gasteiger partial charge in [0.2, 0.25) is 5.91 Å². The summed E-state index contributed by atoms with van der Waals surface area (Å²) in [5, 5.41) is 2.91. The van der Waals surface area contributed by atoms with Crippen LogP contribution < -0.4 is 14.8 Å². The highest BCUT2D eigenvalue weighted by molar-refractivity contribution is 5.75. The molecule has 1 N–H and O–H groups in total. The van der Waals surface area contributed by atoms with Crippen molar-refractivity contribution in [3.8, 4) is 11.5 Å². The lowest BCUT2D eigenvalue weighted by Crippen LogP contribution is -2.32. The second-order valence-corrected chi connectivity index (χ2v) is 5.23. The second-order valence-electron chi connectivity index (χ2n) is 5.23. The minimum atomic E-state index is -0.0419. The summed E-state index contributed by atoms with van der Waals surface area (Å²) in [4.78, 5) is 11.6. The average molecular weight is 263 g/mol. The van der Waals surface area contributed by atoms with Crippen molar-refractivity contribution in [2.45, 2.75) is 32.8 Å². The van der Waals surface area contributed by atoms with Gasteiger partial charge >= 0.3 is 0 Å². The van der Waals surface area contributed by atoms with E-state index < -0.39 is 0 Å². The maximum absolute atomic E-state index is 11.6. The monoisotopic (exact) mass is 263 g/mol. The predicted molar refractivity (Wildman–Crippen MR) is 73.4 cm³/mol. The minimum absolute atomic E-state index is 0.0419. The molecule has 0 unspecified atom stereocenters. The molecule has 4 heteroatoms. The number of carbonyl (C=O) groups excluding carboxylic acids is 1. The van der Waals surface area contributed by atoms with Crippen molar-refractivity contribution in [1.29, 1.82) is 0 Å². The van der Waals surface area contributed by atoms with Gasteiger partial charge in [0.05, 0.1) is 0 Å². The summed E-state index contributed by atoms with van der Waals surface area (Å²) >= 11 is 0. The van der Waals surface area contributed by atoms with Crippen LogP contribution in [-0.4, -0.2) is 25.2 Å². The summed E-state index contributed by atoms with van der Waals surface area (Å²) in [5.74, 6) is 2.10. The van der Waals surface area contributed by atoms with Gasteiger partial charge in [-0.05, 0) is 24.5 Å². The Hall–Kier alpha value is -1.71. The van der Waals surface area contributed by atoms with Gasteiger partial charge in [-0.25, -0.2) is 0 Å². The van der Waals surface area contributed by atoms with E-state index in [0.29, 0.717) is 25.4 Å². The highest BCUT2D eigenvalue weighted by atomic mass is 16.6. The fourth-order valence-corrected chi connectivity index (χ4v) is 1.90. The van der Waals surface area contributed by atoms with Crippen LogP contribution in [0.2, 0.25) is 0 Å². The Kier molecular flexibility index (Phi) is 4.66. The van der Waals surface area contributed by atoms with Gasteiger partial charge in [0.1, 0.15) is 12.7 Å². The highest BCUT2D eigenvalue weighted by Crippen LogP contribution is 2.31. The predicted octanol–water partition coefficient (Wildman–Crippen LogP) is 2.38. The van der Waals surface area contributed by atoms with Crippen LogP contribution in [0.3, 0.4) is 0 Å². The molecular formula is C15H21NO3. The molecule has 0 saturated heterocycles. The Morgan fingerprint density at radius 2 is 2.11 bits per heavy atom. The first kappa shape index (κ1) is 13.7. The molecule has 0 aromatic heterocycles. The molecule has 1 amide bonds. The number of amides is 1. The van der Waals surface area contributed by atoms with Crippen molar-refractivity contribution in [1.82, 2.24) is 5.32 Å². The van der Waals surface area contributed by atoms with Crippen LogP contribution in [-0.2, 0) is 4.79 Å². The maximum Gasteiger partial charge on any atom is 0.220 e. The summed E-state index contributed by atoms with van der Waals surface area (Å²) in [6.07, 6.45) is 1.11. The number of ether oxygens (including phenoxy) is 2.